The van der Waals surface area contributed by atoms with Gasteiger partial charge in [-0.15, -0.1) is 11.6 Å². The second kappa shape index (κ2) is 5.18. The minimum Gasteiger partial charge on any atom is -0.393 e. The summed E-state index contributed by atoms with van der Waals surface area (Å²) in [5, 5.41) is 11.2. The Morgan fingerprint density at radius 1 is 0.700 bits per heavy atom. The number of halogens is 1. The maximum absolute atomic E-state index is 10.9. The lowest BCUT2D eigenvalue weighted by Crippen LogP contribution is -2.52. The van der Waals surface area contributed by atoms with Gasteiger partial charge in [0.1, 0.15) is 0 Å². The smallest absolute Gasteiger partial charge is 0.0609 e. The van der Waals surface area contributed by atoms with Crippen LogP contribution in [0, 0.1) is 23.7 Å². The molecule has 1 fully saturated rings. The highest BCUT2D eigenvalue weighted by Crippen LogP contribution is 2.53. The number of hydrogen-bond donors (Lipinski definition) is 1. The van der Waals surface area contributed by atoms with Gasteiger partial charge in [-0.25, -0.2) is 0 Å². The SMILES string of the molecule is CC1=C(C)C[C@@H]2C(Cl)[C@@H]3CC(C)=C(C)C[C@H]3C(O)[C@H]2C1. The Hall–Kier alpha value is -0.270. The van der Waals surface area contributed by atoms with Crippen LogP contribution in [0.25, 0.3) is 0 Å². The average Bonchev–Trinajstić information content (AvgIpc) is 2.41. The summed E-state index contributed by atoms with van der Waals surface area (Å²) < 4.78 is 0. The van der Waals surface area contributed by atoms with Crippen LogP contribution in [-0.2, 0) is 0 Å². The molecular formula is C18H27ClO. The van der Waals surface area contributed by atoms with Gasteiger partial charge >= 0.3 is 0 Å². The van der Waals surface area contributed by atoms with Crippen LogP contribution in [0.5, 0.6) is 0 Å². The van der Waals surface area contributed by atoms with Crippen molar-refractivity contribution < 1.29 is 5.11 Å². The Bertz CT molecular complexity index is 392. The summed E-state index contributed by atoms with van der Waals surface area (Å²) in [4.78, 5) is 0. The zero-order chi connectivity index (χ0) is 14.6. The number of rotatable bonds is 0. The number of aliphatic hydroxyl groups excluding tert-OH is 1. The molecule has 0 aromatic carbocycles. The lowest BCUT2D eigenvalue weighted by molar-refractivity contribution is -0.0495. The Balaban J connectivity index is 1.92. The van der Waals surface area contributed by atoms with E-state index in [0.29, 0.717) is 23.7 Å². The standard InChI is InChI=1S/C18H27ClO/c1-9-5-13-15(7-11(9)3)18(20)16-8-12(4)10(2)6-14(16)17(13)19/h13-18,20H,5-8H2,1-4H3/t13-,14+,15-,16+,17?,18?. The second-order valence-electron chi connectivity index (χ2n) is 7.53. The van der Waals surface area contributed by atoms with E-state index < -0.39 is 0 Å². The Morgan fingerprint density at radius 3 is 1.35 bits per heavy atom. The van der Waals surface area contributed by atoms with Crippen LogP contribution in [0.2, 0.25) is 0 Å². The second-order valence-corrected chi connectivity index (χ2v) is 8.03. The van der Waals surface area contributed by atoms with Crippen molar-refractivity contribution in [3.8, 4) is 0 Å². The third-order valence-corrected chi connectivity index (χ3v) is 7.07. The van der Waals surface area contributed by atoms with Crippen LogP contribution in [-0.4, -0.2) is 16.6 Å². The molecule has 112 valence electrons. The summed E-state index contributed by atoms with van der Waals surface area (Å²) in [6.07, 6.45) is 4.11. The van der Waals surface area contributed by atoms with E-state index in [1.165, 1.54) is 22.3 Å². The fourth-order valence-electron chi connectivity index (χ4n) is 4.80. The van der Waals surface area contributed by atoms with Gasteiger partial charge in [0.15, 0.2) is 0 Å². The molecule has 2 unspecified atom stereocenters. The van der Waals surface area contributed by atoms with Crippen molar-refractivity contribution in [2.24, 2.45) is 23.7 Å². The zero-order valence-corrected chi connectivity index (χ0v) is 13.9. The van der Waals surface area contributed by atoms with E-state index >= 15 is 0 Å². The van der Waals surface area contributed by atoms with E-state index in [2.05, 4.69) is 27.7 Å². The molecule has 3 aliphatic carbocycles. The van der Waals surface area contributed by atoms with E-state index in [1.54, 1.807) is 0 Å². The van der Waals surface area contributed by atoms with Crippen molar-refractivity contribution in [2.45, 2.75) is 64.9 Å². The number of allylic oxidation sites excluding steroid dienone is 4. The summed E-state index contributed by atoms with van der Waals surface area (Å²) in [6.45, 7) is 8.93. The van der Waals surface area contributed by atoms with Gasteiger partial charge in [0, 0.05) is 5.38 Å². The molecule has 0 heterocycles. The molecule has 0 amide bonds. The molecule has 0 aromatic heterocycles. The van der Waals surface area contributed by atoms with E-state index in [1.807, 2.05) is 0 Å². The Morgan fingerprint density at radius 2 is 1.00 bits per heavy atom. The van der Waals surface area contributed by atoms with Crippen LogP contribution in [0.1, 0.15) is 53.4 Å². The normalized spacial score (nSPS) is 45.3. The van der Waals surface area contributed by atoms with Crippen molar-refractivity contribution in [2.75, 3.05) is 0 Å². The van der Waals surface area contributed by atoms with E-state index in [0.717, 1.165) is 25.7 Å². The van der Waals surface area contributed by atoms with Gasteiger partial charge in [0.05, 0.1) is 6.10 Å². The Labute approximate surface area is 128 Å². The summed E-state index contributed by atoms with van der Waals surface area (Å²) in [6, 6.07) is 0. The van der Waals surface area contributed by atoms with Crippen LogP contribution in [0.15, 0.2) is 22.3 Å². The molecule has 0 saturated heterocycles. The topological polar surface area (TPSA) is 20.2 Å². The highest BCUT2D eigenvalue weighted by molar-refractivity contribution is 6.21. The molecule has 6 atom stereocenters. The van der Waals surface area contributed by atoms with Gasteiger partial charge in [-0.3, -0.25) is 0 Å². The summed E-state index contributed by atoms with van der Waals surface area (Å²) in [7, 11) is 0. The number of fused-ring (bicyclic) bond motifs is 2. The maximum atomic E-state index is 10.9. The van der Waals surface area contributed by atoms with Crippen molar-refractivity contribution in [1.29, 1.82) is 0 Å². The molecule has 0 aromatic rings. The van der Waals surface area contributed by atoms with Crippen molar-refractivity contribution in [3.63, 3.8) is 0 Å². The molecule has 20 heavy (non-hydrogen) atoms. The van der Waals surface area contributed by atoms with Crippen molar-refractivity contribution >= 4 is 11.6 Å². The van der Waals surface area contributed by atoms with Crippen LogP contribution in [0.3, 0.4) is 0 Å². The first kappa shape index (κ1) is 14.7. The van der Waals surface area contributed by atoms with Crippen LogP contribution in [0.4, 0.5) is 0 Å². The van der Waals surface area contributed by atoms with Crippen LogP contribution < -0.4 is 0 Å². The third kappa shape index (κ3) is 2.18. The Kier molecular flexibility index (Phi) is 3.79. The van der Waals surface area contributed by atoms with Gasteiger partial charge in [0.2, 0.25) is 0 Å². The summed E-state index contributed by atoms with van der Waals surface area (Å²) in [5.74, 6) is 1.72. The molecule has 2 heteroatoms. The minimum atomic E-state index is -0.161. The van der Waals surface area contributed by atoms with Crippen molar-refractivity contribution in [3.05, 3.63) is 22.3 Å². The number of alkyl halides is 1. The van der Waals surface area contributed by atoms with Gasteiger partial charge < -0.3 is 5.11 Å². The largest absolute Gasteiger partial charge is 0.393 e. The lowest BCUT2D eigenvalue weighted by atomic mass is 9.57. The zero-order valence-electron chi connectivity index (χ0n) is 13.1. The van der Waals surface area contributed by atoms with Crippen LogP contribution >= 0.6 is 11.6 Å². The predicted molar refractivity (Wildman–Crippen MR) is 84.8 cm³/mol. The third-order valence-electron chi connectivity index (χ3n) is 6.42. The number of aliphatic hydroxyl groups is 1. The van der Waals surface area contributed by atoms with Crippen molar-refractivity contribution in [1.82, 2.24) is 0 Å². The molecule has 1 saturated carbocycles. The molecule has 1 nitrogen and oxygen atoms in total. The monoisotopic (exact) mass is 294 g/mol. The van der Waals surface area contributed by atoms with Gasteiger partial charge in [0.25, 0.3) is 0 Å². The van der Waals surface area contributed by atoms with E-state index in [4.69, 9.17) is 11.6 Å². The molecule has 1 N–H and O–H groups in total. The summed E-state index contributed by atoms with van der Waals surface area (Å²) in [5.41, 5.74) is 5.96. The first-order valence-electron chi connectivity index (χ1n) is 8.02. The molecule has 3 aliphatic rings. The maximum Gasteiger partial charge on any atom is 0.0609 e. The lowest BCUT2D eigenvalue weighted by Gasteiger charge is -2.52. The predicted octanol–water partition coefficient (Wildman–Crippen LogP) is 4.69. The highest BCUT2D eigenvalue weighted by Gasteiger charge is 2.51. The van der Waals surface area contributed by atoms with E-state index in [9.17, 15) is 5.11 Å². The van der Waals surface area contributed by atoms with Gasteiger partial charge in [-0.1, -0.05) is 22.3 Å². The molecule has 0 aliphatic heterocycles. The fourth-order valence-corrected chi connectivity index (χ4v) is 5.35. The first-order chi connectivity index (χ1) is 9.40. The molecule has 0 bridgehead atoms. The molecule has 3 rings (SSSR count). The average molecular weight is 295 g/mol. The fraction of sp³-hybridized carbons (Fsp3) is 0.778. The number of hydrogen-bond acceptors (Lipinski definition) is 1. The van der Waals surface area contributed by atoms with Gasteiger partial charge in [-0.2, -0.15) is 0 Å². The molecule has 0 spiro atoms. The van der Waals surface area contributed by atoms with E-state index in [-0.39, 0.29) is 11.5 Å². The first-order valence-corrected chi connectivity index (χ1v) is 8.46. The molecular weight excluding hydrogens is 268 g/mol. The highest BCUT2D eigenvalue weighted by atomic mass is 35.5. The quantitative estimate of drug-likeness (QED) is 0.507. The molecule has 0 radical (unpaired) electrons. The minimum absolute atomic E-state index is 0.161. The van der Waals surface area contributed by atoms with Gasteiger partial charge in [-0.05, 0) is 77.0 Å². The summed E-state index contributed by atoms with van der Waals surface area (Å²) >= 11 is 6.90.